The maximum absolute atomic E-state index is 10.4. The monoisotopic (exact) mass is 166 g/mol. The quantitative estimate of drug-likeness (QED) is 0.512. The van der Waals surface area contributed by atoms with Crippen molar-refractivity contribution in [2.75, 3.05) is 5.73 Å². The Labute approximate surface area is 67.8 Å². The number of anilines is 1. The Morgan fingerprint density at radius 1 is 1.50 bits per heavy atom. The smallest absolute Gasteiger partial charge is 0.335 e. The summed E-state index contributed by atoms with van der Waals surface area (Å²) in [5.74, 6) is -1.11. The molecule has 0 unspecified atom stereocenters. The van der Waals surface area contributed by atoms with Crippen LogP contribution in [0.3, 0.4) is 0 Å². The topological polar surface area (TPSA) is 92.8 Å². The number of hydrogen-bond acceptors (Lipinski definition) is 4. The number of rotatable bonds is 2. The molecule has 0 aromatic heterocycles. The first kappa shape index (κ1) is 8.19. The van der Waals surface area contributed by atoms with Crippen LogP contribution in [0.15, 0.2) is 23.4 Å². The molecule has 0 aliphatic heterocycles. The molecule has 0 aliphatic rings. The van der Waals surface area contributed by atoms with Crippen LogP contribution in [0.4, 0.5) is 11.4 Å². The van der Waals surface area contributed by atoms with E-state index in [-0.39, 0.29) is 16.9 Å². The number of benzene rings is 1. The number of carboxylic acid groups (broad SMARTS) is 1. The van der Waals surface area contributed by atoms with Crippen LogP contribution in [-0.2, 0) is 0 Å². The fraction of sp³-hybridized carbons (Fsp3) is 0. The van der Waals surface area contributed by atoms with Crippen molar-refractivity contribution in [1.29, 1.82) is 0 Å². The molecule has 12 heavy (non-hydrogen) atoms. The number of nitrogen functional groups attached to an aromatic ring is 1. The first-order chi connectivity index (χ1) is 5.65. The van der Waals surface area contributed by atoms with Crippen molar-refractivity contribution in [3.05, 3.63) is 28.7 Å². The third-order valence-corrected chi connectivity index (χ3v) is 1.38. The van der Waals surface area contributed by atoms with E-state index in [0.717, 1.165) is 6.07 Å². The molecule has 0 fully saturated rings. The summed E-state index contributed by atoms with van der Waals surface area (Å²) in [6.45, 7) is 0. The summed E-state index contributed by atoms with van der Waals surface area (Å²) in [6.07, 6.45) is 0. The van der Waals surface area contributed by atoms with Crippen LogP contribution in [0.5, 0.6) is 0 Å². The number of nitroso groups, excluding NO2 is 1. The average Bonchev–Trinajstić information content (AvgIpc) is 2.05. The van der Waals surface area contributed by atoms with Gasteiger partial charge in [-0.15, -0.1) is 4.91 Å². The molecule has 0 heterocycles. The van der Waals surface area contributed by atoms with Crippen molar-refractivity contribution in [1.82, 2.24) is 0 Å². The van der Waals surface area contributed by atoms with E-state index in [1.807, 2.05) is 0 Å². The fourth-order valence-electron chi connectivity index (χ4n) is 0.756. The second-order valence-corrected chi connectivity index (χ2v) is 2.17. The van der Waals surface area contributed by atoms with Crippen LogP contribution < -0.4 is 5.73 Å². The maximum Gasteiger partial charge on any atom is 0.335 e. The van der Waals surface area contributed by atoms with Gasteiger partial charge >= 0.3 is 5.97 Å². The minimum atomic E-state index is -1.11. The lowest BCUT2D eigenvalue weighted by molar-refractivity contribution is 0.0697. The Bertz CT molecular complexity index is 335. The van der Waals surface area contributed by atoms with Gasteiger partial charge in [0.05, 0.1) is 11.3 Å². The predicted molar refractivity (Wildman–Crippen MR) is 43.3 cm³/mol. The van der Waals surface area contributed by atoms with Crippen LogP contribution in [0.25, 0.3) is 0 Å². The molecule has 62 valence electrons. The summed E-state index contributed by atoms with van der Waals surface area (Å²) in [5, 5.41) is 11.1. The molecule has 0 saturated carbocycles. The molecular weight excluding hydrogens is 160 g/mol. The van der Waals surface area contributed by atoms with E-state index < -0.39 is 5.97 Å². The number of hydrogen-bond donors (Lipinski definition) is 2. The summed E-state index contributed by atoms with van der Waals surface area (Å²) in [6, 6.07) is 3.78. The lowest BCUT2D eigenvalue weighted by Crippen LogP contribution is -1.96. The molecule has 0 amide bonds. The SMILES string of the molecule is Nc1ccc(C(=O)O)cc1N=O. The lowest BCUT2D eigenvalue weighted by Gasteiger charge is -1.97. The van der Waals surface area contributed by atoms with E-state index in [4.69, 9.17) is 10.8 Å². The molecule has 0 aliphatic carbocycles. The molecular formula is C7H6N2O3. The van der Waals surface area contributed by atoms with Gasteiger partial charge in [0.25, 0.3) is 0 Å². The van der Waals surface area contributed by atoms with Crippen molar-refractivity contribution in [2.45, 2.75) is 0 Å². The van der Waals surface area contributed by atoms with E-state index in [2.05, 4.69) is 5.18 Å². The number of aromatic carboxylic acids is 1. The number of carboxylic acids is 1. The largest absolute Gasteiger partial charge is 0.478 e. The molecule has 1 aromatic carbocycles. The van der Waals surface area contributed by atoms with Crippen molar-refractivity contribution < 1.29 is 9.90 Å². The first-order valence-corrected chi connectivity index (χ1v) is 3.11. The molecule has 0 spiro atoms. The highest BCUT2D eigenvalue weighted by Gasteiger charge is 2.05. The van der Waals surface area contributed by atoms with Crippen molar-refractivity contribution in [3.8, 4) is 0 Å². The average molecular weight is 166 g/mol. The zero-order chi connectivity index (χ0) is 9.14. The van der Waals surface area contributed by atoms with Crippen LogP contribution in [0, 0.1) is 4.91 Å². The van der Waals surface area contributed by atoms with E-state index >= 15 is 0 Å². The van der Waals surface area contributed by atoms with Gasteiger partial charge in [-0.05, 0) is 23.4 Å². The first-order valence-electron chi connectivity index (χ1n) is 3.11. The zero-order valence-corrected chi connectivity index (χ0v) is 6.02. The van der Waals surface area contributed by atoms with Crippen molar-refractivity contribution in [3.63, 3.8) is 0 Å². The molecule has 5 heteroatoms. The lowest BCUT2D eigenvalue weighted by atomic mass is 10.2. The molecule has 0 saturated heterocycles. The molecule has 0 atom stereocenters. The molecule has 0 radical (unpaired) electrons. The van der Waals surface area contributed by atoms with Gasteiger partial charge in [0, 0.05) is 0 Å². The van der Waals surface area contributed by atoms with E-state index in [1.54, 1.807) is 0 Å². The minimum absolute atomic E-state index is 0.00111. The second kappa shape index (κ2) is 3.00. The van der Waals surface area contributed by atoms with Gasteiger partial charge < -0.3 is 10.8 Å². The Balaban J connectivity index is 3.22. The normalized spacial score (nSPS) is 9.33. The van der Waals surface area contributed by atoms with Gasteiger partial charge in [-0.25, -0.2) is 4.79 Å². The summed E-state index contributed by atoms with van der Waals surface area (Å²) < 4.78 is 0. The number of nitrogens with two attached hydrogens (primary N) is 1. The van der Waals surface area contributed by atoms with E-state index in [0.29, 0.717) is 0 Å². The molecule has 5 nitrogen and oxygen atoms in total. The van der Waals surface area contributed by atoms with Crippen molar-refractivity contribution >= 4 is 17.3 Å². The second-order valence-electron chi connectivity index (χ2n) is 2.17. The number of carbonyl (C=O) groups is 1. The molecule has 1 rings (SSSR count). The Hall–Kier alpha value is -1.91. The van der Waals surface area contributed by atoms with Gasteiger partial charge in [-0.1, -0.05) is 0 Å². The molecule has 0 bridgehead atoms. The predicted octanol–water partition coefficient (Wildman–Crippen LogP) is 1.36. The molecule has 1 aromatic rings. The third-order valence-electron chi connectivity index (χ3n) is 1.38. The summed E-state index contributed by atoms with van der Waals surface area (Å²) in [7, 11) is 0. The van der Waals surface area contributed by atoms with Gasteiger partial charge in [0.1, 0.15) is 5.69 Å². The van der Waals surface area contributed by atoms with Crippen molar-refractivity contribution in [2.24, 2.45) is 5.18 Å². The molecule has 3 N–H and O–H groups in total. The van der Waals surface area contributed by atoms with Crippen LogP contribution >= 0.6 is 0 Å². The van der Waals surface area contributed by atoms with Crippen LogP contribution in [0.1, 0.15) is 10.4 Å². The van der Waals surface area contributed by atoms with Crippen LogP contribution in [-0.4, -0.2) is 11.1 Å². The highest BCUT2D eigenvalue weighted by Crippen LogP contribution is 2.22. The van der Waals surface area contributed by atoms with Gasteiger partial charge in [0.15, 0.2) is 0 Å². The number of nitrogens with zero attached hydrogens (tertiary/aromatic N) is 1. The van der Waals surface area contributed by atoms with Gasteiger partial charge in [0.2, 0.25) is 0 Å². The van der Waals surface area contributed by atoms with E-state index in [1.165, 1.54) is 12.1 Å². The Morgan fingerprint density at radius 3 is 2.67 bits per heavy atom. The van der Waals surface area contributed by atoms with E-state index in [9.17, 15) is 9.70 Å². The summed E-state index contributed by atoms with van der Waals surface area (Å²) >= 11 is 0. The Kier molecular flexibility index (Phi) is 2.05. The highest BCUT2D eigenvalue weighted by atomic mass is 16.4. The minimum Gasteiger partial charge on any atom is -0.478 e. The third kappa shape index (κ3) is 1.39. The fourth-order valence-corrected chi connectivity index (χ4v) is 0.756. The highest BCUT2D eigenvalue weighted by molar-refractivity contribution is 5.90. The van der Waals surface area contributed by atoms with Gasteiger partial charge in [-0.2, -0.15) is 0 Å². The maximum atomic E-state index is 10.4. The van der Waals surface area contributed by atoms with Gasteiger partial charge in [-0.3, -0.25) is 0 Å². The Morgan fingerprint density at radius 2 is 2.17 bits per heavy atom. The zero-order valence-electron chi connectivity index (χ0n) is 6.02. The summed E-state index contributed by atoms with van der Waals surface area (Å²) in [4.78, 5) is 20.5. The summed E-state index contributed by atoms with van der Waals surface area (Å²) in [5.41, 5.74) is 5.44. The standard InChI is InChI=1S/C7H6N2O3/c8-5-2-1-4(7(10)11)3-6(5)9-12/h1-3H,8H2,(H,10,11). The van der Waals surface area contributed by atoms with Crippen LogP contribution in [0.2, 0.25) is 0 Å².